The van der Waals surface area contributed by atoms with E-state index >= 15 is 0 Å². The fraction of sp³-hybridized carbons (Fsp3) is 0.652. The SMILES string of the molecule is COc1ccc(OC)c(S(=O)(=O)N(CCN2CCCCC2)CC(=O)N2CCNCC2)c1.O=C(O)C(F)(F)F. The lowest BCUT2D eigenvalue weighted by atomic mass is 10.1. The van der Waals surface area contributed by atoms with Gasteiger partial charge in [-0.15, -0.1) is 0 Å². The van der Waals surface area contributed by atoms with Crippen LogP contribution in [0.25, 0.3) is 0 Å². The van der Waals surface area contributed by atoms with E-state index in [-0.39, 0.29) is 29.6 Å². The molecule has 38 heavy (non-hydrogen) atoms. The van der Waals surface area contributed by atoms with Crippen LogP contribution in [0.1, 0.15) is 19.3 Å². The number of rotatable bonds is 9. The van der Waals surface area contributed by atoms with Gasteiger partial charge in [-0.3, -0.25) is 4.79 Å². The lowest BCUT2D eigenvalue weighted by Crippen LogP contribution is -2.51. The van der Waals surface area contributed by atoms with Crippen molar-refractivity contribution in [2.75, 3.05) is 73.1 Å². The fourth-order valence-electron chi connectivity index (χ4n) is 4.01. The van der Waals surface area contributed by atoms with Gasteiger partial charge in [0.15, 0.2) is 0 Å². The molecule has 0 aromatic heterocycles. The van der Waals surface area contributed by atoms with E-state index in [0.29, 0.717) is 25.4 Å². The Hall–Kier alpha value is -2.62. The predicted molar refractivity (Wildman–Crippen MR) is 132 cm³/mol. The molecule has 2 heterocycles. The number of hydrogen-bond donors (Lipinski definition) is 2. The third kappa shape index (κ3) is 9.29. The average Bonchev–Trinajstić information content (AvgIpc) is 2.91. The Kier molecular flexibility index (Phi) is 12.1. The van der Waals surface area contributed by atoms with Crippen molar-refractivity contribution in [3.63, 3.8) is 0 Å². The molecule has 0 unspecified atom stereocenters. The molecular formula is C23H35F3N4O7S. The fourth-order valence-corrected chi connectivity index (χ4v) is 5.56. The number of nitrogens with zero attached hydrogens (tertiary/aromatic N) is 3. The van der Waals surface area contributed by atoms with Gasteiger partial charge in [0.2, 0.25) is 15.9 Å². The van der Waals surface area contributed by atoms with Gasteiger partial charge in [-0.2, -0.15) is 17.5 Å². The zero-order chi connectivity index (χ0) is 28.3. The molecule has 3 rings (SSSR count). The Morgan fingerprint density at radius 2 is 1.66 bits per heavy atom. The van der Waals surface area contributed by atoms with Gasteiger partial charge in [-0.25, -0.2) is 13.2 Å². The highest BCUT2D eigenvalue weighted by atomic mass is 32.2. The molecule has 0 aliphatic carbocycles. The molecule has 15 heteroatoms. The van der Waals surface area contributed by atoms with E-state index in [2.05, 4.69) is 10.2 Å². The number of piperazine rings is 1. The predicted octanol–water partition coefficient (Wildman–Crippen LogP) is 1.25. The molecule has 0 radical (unpaired) electrons. The summed E-state index contributed by atoms with van der Waals surface area (Å²) in [4.78, 5) is 25.8. The lowest BCUT2D eigenvalue weighted by Gasteiger charge is -2.32. The molecule has 1 aromatic carbocycles. The van der Waals surface area contributed by atoms with Crippen molar-refractivity contribution >= 4 is 21.9 Å². The Morgan fingerprint density at radius 3 is 2.18 bits per heavy atom. The van der Waals surface area contributed by atoms with E-state index in [4.69, 9.17) is 19.4 Å². The van der Waals surface area contributed by atoms with Gasteiger partial charge >= 0.3 is 12.1 Å². The summed E-state index contributed by atoms with van der Waals surface area (Å²) in [5, 5.41) is 10.3. The highest BCUT2D eigenvalue weighted by molar-refractivity contribution is 7.89. The topological polar surface area (TPSA) is 129 Å². The number of carbonyl (C=O) groups is 2. The van der Waals surface area contributed by atoms with Crippen molar-refractivity contribution in [1.82, 2.24) is 19.4 Å². The first-order chi connectivity index (χ1) is 17.9. The molecule has 2 N–H and O–H groups in total. The molecule has 2 aliphatic rings. The quantitative estimate of drug-likeness (QED) is 0.452. The first-order valence-electron chi connectivity index (χ1n) is 12.1. The van der Waals surface area contributed by atoms with Crippen LogP contribution in [0, 0.1) is 0 Å². The lowest BCUT2D eigenvalue weighted by molar-refractivity contribution is -0.192. The van der Waals surface area contributed by atoms with Crippen LogP contribution in [-0.4, -0.2) is 119 Å². The monoisotopic (exact) mass is 568 g/mol. The van der Waals surface area contributed by atoms with E-state index in [9.17, 15) is 26.4 Å². The second-order valence-electron chi connectivity index (χ2n) is 8.69. The summed E-state index contributed by atoms with van der Waals surface area (Å²) < 4.78 is 70.9. The number of aliphatic carboxylic acids is 1. The first kappa shape index (κ1) is 31.6. The maximum atomic E-state index is 13.7. The van der Waals surface area contributed by atoms with E-state index in [1.54, 1.807) is 17.0 Å². The molecule has 0 saturated carbocycles. The third-order valence-electron chi connectivity index (χ3n) is 6.13. The van der Waals surface area contributed by atoms with Gasteiger partial charge in [0, 0.05) is 45.3 Å². The number of carboxylic acids is 1. The second kappa shape index (κ2) is 14.5. The van der Waals surface area contributed by atoms with Gasteiger partial charge in [-0.05, 0) is 38.1 Å². The van der Waals surface area contributed by atoms with Crippen molar-refractivity contribution in [3.05, 3.63) is 18.2 Å². The van der Waals surface area contributed by atoms with E-state index in [0.717, 1.165) is 39.0 Å². The number of methoxy groups -OCH3 is 2. The summed E-state index contributed by atoms with van der Waals surface area (Å²) in [5.74, 6) is -2.28. The van der Waals surface area contributed by atoms with E-state index in [1.807, 2.05) is 0 Å². The Bertz CT molecular complexity index is 1030. The number of piperidine rings is 1. The van der Waals surface area contributed by atoms with Gasteiger partial charge in [-0.1, -0.05) is 6.42 Å². The van der Waals surface area contributed by atoms with Gasteiger partial charge in [0.1, 0.15) is 16.4 Å². The van der Waals surface area contributed by atoms with Crippen LogP contribution in [0.3, 0.4) is 0 Å². The second-order valence-corrected chi connectivity index (χ2v) is 10.6. The molecule has 0 spiro atoms. The van der Waals surface area contributed by atoms with Crippen molar-refractivity contribution in [2.24, 2.45) is 0 Å². The maximum Gasteiger partial charge on any atom is 0.490 e. The van der Waals surface area contributed by atoms with Crippen LogP contribution in [0.4, 0.5) is 13.2 Å². The number of likely N-dealkylation sites (tertiary alicyclic amines) is 1. The first-order valence-corrected chi connectivity index (χ1v) is 13.6. The maximum absolute atomic E-state index is 13.7. The van der Waals surface area contributed by atoms with Gasteiger partial charge < -0.3 is 29.7 Å². The molecule has 2 aliphatic heterocycles. The number of carboxylic acid groups (broad SMARTS) is 1. The van der Waals surface area contributed by atoms with Crippen molar-refractivity contribution in [1.29, 1.82) is 0 Å². The highest BCUT2D eigenvalue weighted by Crippen LogP contribution is 2.30. The highest BCUT2D eigenvalue weighted by Gasteiger charge is 2.38. The van der Waals surface area contributed by atoms with Crippen LogP contribution >= 0.6 is 0 Å². The zero-order valence-corrected chi connectivity index (χ0v) is 22.3. The molecule has 1 amide bonds. The molecule has 2 saturated heterocycles. The number of alkyl halides is 3. The molecule has 1 aromatic rings. The number of sulfonamides is 1. The smallest absolute Gasteiger partial charge is 0.490 e. The van der Waals surface area contributed by atoms with Crippen LogP contribution in [0.15, 0.2) is 23.1 Å². The minimum atomic E-state index is -5.08. The zero-order valence-electron chi connectivity index (χ0n) is 21.5. The molecule has 216 valence electrons. The summed E-state index contributed by atoms with van der Waals surface area (Å²) in [6.07, 6.45) is -1.63. The summed E-state index contributed by atoms with van der Waals surface area (Å²) in [6.45, 7) is 5.19. The van der Waals surface area contributed by atoms with Crippen molar-refractivity contribution < 1.29 is 45.8 Å². The van der Waals surface area contributed by atoms with Gasteiger partial charge in [0.05, 0.1) is 20.8 Å². The number of amides is 1. The molecule has 11 nitrogen and oxygen atoms in total. The minimum absolute atomic E-state index is 0.0149. The summed E-state index contributed by atoms with van der Waals surface area (Å²) in [7, 11) is -1.05. The van der Waals surface area contributed by atoms with E-state index in [1.165, 1.54) is 31.0 Å². The molecule has 0 bridgehead atoms. The third-order valence-corrected chi connectivity index (χ3v) is 7.99. The Morgan fingerprint density at radius 1 is 1.05 bits per heavy atom. The normalized spacial score (nSPS) is 16.9. The van der Waals surface area contributed by atoms with Crippen LogP contribution < -0.4 is 14.8 Å². The number of benzene rings is 1. The Balaban J connectivity index is 0.000000638. The number of nitrogens with one attached hydrogen (secondary N) is 1. The minimum Gasteiger partial charge on any atom is -0.497 e. The van der Waals surface area contributed by atoms with Crippen molar-refractivity contribution in [2.45, 2.75) is 30.3 Å². The number of ether oxygens (including phenoxy) is 2. The number of carbonyl (C=O) groups excluding carboxylic acids is 1. The van der Waals surface area contributed by atoms with E-state index < -0.39 is 22.2 Å². The molecule has 2 fully saturated rings. The standard InChI is InChI=1S/C21H34N4O5S.C2HF3O2/c1-29-18-6-7-19(30-2)20(16-18)31(27,28)25(15-14-23-10-4-3-5-11-23)17-21(26)24-12-8-22-9-13-24;3-2(4,5)1(6)7/h6-7,16,22H,3-5,8-15,17H2,1-2H3;(H,6,7). The summed E-state index contributed by atoms with van der Waals surface area (Å²) >= 11 is 0. The summed E-state index contributed by atoms with van der Waals surface area (Å²) in [5.41, 5.74) is 0. The molecular weight excluding hydrogens is 533 g/mol. The summed E-state index contributed by atoms with van der Waals surface area (Å²) in [6, 6.07) is 4.69. The van der Waals surface area contributed by atoms with Crippen LogP contribution in [0.2, 0.25) is 0 Å². The molecule has 0 atom stereocenters. The van der Waals surface area contributed by atoms with Crippen molar-refractivity contribution in [3.8, 4) is 11.5 Å². The Labute approximate surface area is 220 Å². The van der Waals surface area contributed by atoms with Crippen LogP contribution in [0.5, 0.6) is 11.5 Å². The number of halogens is 3. The largest absolute Gasteiger partial charge is 0.497 e. The van der Waals surface area contributed by atoms with Gasteiger partial charge in [0.25, 0.3) is 0 Å². The van der Waals surface area contributed by atoms with Crippen LogP contribution in [-0.2, 0) is 19.6 Å². The number of hydrogen-bond acceptors (Lipinski definition) is 8. The average molecular weight is 569 g/mol.